The molecule has 2 aliphatic rings. The van der Waals surface area contributed by atoms with Gasteiger partial charge in [0.2, 0.25) is 17.7 Å². The molecule has 1 N–H and O–H groups in total. The number of carbonyl (C=O) groups is 3. The fourth-order valence-electron chi connectivity index (χ4n) is 4.77. The highest BCUT2D eigenvalue weighted by atomic mass is 32.2. The number of hydrogen-bond donors (Lipinski definition) is 1. The zero-order valence-corrected chi connectivity index (χ0v) is 21.2. The van der Waals surface area contributed by atoms with E-state index in [9.17, 15) is 32.3 Å². The van der Waals surface area contributed by atoms with Gasteiger partial charge in [0.1, 0.15) is 11.8 Å². The molecular formula is C25H20F3N3O4S2. The minimum Gasteiger partial charge on any atom is -0.324 e. The van der Waals surface area contributed by atoms with Crippen molar-refractivity contribution in [1.29, 1.82) is 0 Å². The molecule has 1 aromatic heterocycles. The molecular weight excluding hydrogens is 527 g/mol. The molecule has 12 heteroatoms. The molecule has 1 fully saturated rings. The first kappa shape index (κ1) is 25.3. The van der Waals surface area contributed by atoms with Gasteiger partial charge in [0.25, 0.3) is 0 Å². The van der Waals surface area contributed by atoms with E-state index in [-0.39, 0.29) is 5.91 Å². The zero-order valence-electron chi connectivity index (χ0n) is 19.5. The lowest BCUT2D eigenvalue weighted by atomic mass is 9.76. The highest BCUT2D eigenvalue weighted by Crippen LogP contribution is 2.54. The number of carbonyl (C=O) groups excluding carboxylic acids is 3. The van der Waals surface area contributed by atoms with Crippen LogP contribution in [0.4, 0.5) is 24.5 Å². The third-order valence-electron chi connectivity index (χ3n) is 6.53. The quantitative estimate of drug-likeness (QED) is 0.486. The number of thiazole rings is 1. The Bertz CT molecular complexity index is 1480. The maximum atomic E-state index is 13.4. The van der Waals surface area contributed by atoms with Crippen LogP contribution in [0.3, 0.4) is 0 Å². The average Bonchev–Trinajstić information content (AvgIpc) is 3.28. The predicted octanol–water partition coefficient (Wildman–Crippen LogP) is 4.51. The molecule has 5 rings (SSSR count). The summed E-state index contributed by atoms with van der Waals surface area (Å²) in [6.07, 6.45) is -4.67. The Balaban J connectivity index is 1.46. The van der Waals surface area contributed by atoms with E-state index in [1.54, 1.807) is 44.2 Å². The minimum atomic E-state index is -4.67. The van der Waals surface area contributed by atoms with Crippen LogP contribution in [-0.2, 0) is 32.5 Å². The number of para-hydroxylation sites is 2. The molecule has 3 aromatic rings. The van der Waals surface area contributed by atoms with Crippen LogP contribution in [-0.4, -0.2) is 27.5 Å². The van der Waals surface area contributed by atoms with Gasteiger partial charge in [-0.05, 0) is 24.3 Å². The number of nitrogens with zero attached hydrogens (tertiary/aromatic N) is 2. The molecule has 3 amide bonds. The monoisotopic (exact) mass is 547 g/mol. The van der Waals surface area contributed by atoms with Crippen LogP contribution in [0.2, 0.25) is 0 Å². The standard InChI is InChI=1S/C25H20F3N3O4S2/c1-24(2)17-18(21(34)31(20(17)33)13-8-4-3-5-9-13)36-22-19(24)37-23(35)30(22)12-16(32)29-15-11-7-6-10-14(15)25(26,27)28/h3-11,17-18H,12H2,1-2H3,(H,29,32). The third kappa shape index (κ3) is 4.17. The van der Waals surface area contributed by atoms with Gasteiger partial charge in [-0.2, -0.15) is 13.2 Å². The van der Waals surface area contributed by atoms with Crippen LogP contribution < -0.4 is 15.1 Å². The number of rotatable bonds is 4. The summed E-state index contributed by atoms with van der Waals surface area (Å²) in [5.41, 5.74) is -1.86. The maximum Gasteiger partial charge on any atom is 0.418 e. The summed E-state index contributed by atoms with van der Waals surface area (Å²) < 4.78 is 41.1. The second-order valence-corrected chi connectivity index (χ2v) is 11.4. The lowest BCUT2D eigenvalue weighted by Gasteiger charge is -2.36. The smallest absolute Gasteiger partial charge is 0.324 e. The second-order valence-electron chi connectivity index (χ2n) is 9.27. The Morgan fingerprint density at radius 3 is 2.32 bits per heavy atom. The van der Waals surface area contributed by atoms with Crippen LogP contribution in [0, 0.1) is 5.92 Å². The van der Waals surface area contributed by atoms with Gasteiger partial charge in [0.05, 0.1) is 27.9 Å². The molecule has 3 heterocycles. The summed E-state index contributed by atoms with van der Waals surface area (Å²) in [6.45, 7) is 3.02. The molecule has 0 saturated carbocycles. The van der Waals surface area contributed by atoms with Crippen LogP contribution in [0.15, 0.2) is 64.4 Å². The molecule has 0 bridgehead atoms. The predicted molar refractivity (Wildman–Crippen MR) is 134 cm³/mol. The third-order valence-corrected chi connectivity index (χ3v) is 9.35. The molecule has 0 spiro atoms. The fraction of sp³-hybridized carbons (Fsp3) is 0.280. The molecule has 0 radical (unpaired) electrons. The lowest BCUT2D eigenvalue weighted by molar-refractivity contribution is -0.137. The average molecular weight is 548 g/mol. The van der Waals surface area contributed by atoms with E-state index >= 15 is 0 Å². The highest BCUT2D eigenvalue weighted by Gasteiger charge is 2.59. The van der Waals surface area contributed by atoms with Crippen molar-refractivity contribution in [1.82, 2.24) is 4.57 Å². The number of nitrogens with one attached hydrogen (secondary N) is 1. The molecule has 2 unspecified atom stereocenters. The number of alkyl halides is 3. The Morgan fingerprint density at radius 1 is 1.00 bits per heavy atom. The zero-order chi connectivity index (χ0) is 26.7. The van der Waals surface area contributed by atoms with Crippen LogP contribution in [0.1, 0.15) is 24.3 Å². The Morgan fingerprint density at radius 2 is 1.65 bits per heavy atom. The molecule has 0 aliphatic carbocycles. The number of imide groups is 1. The largest absolute Gasteiger partial charge is 0.418 e. The highest BCUT2D eigenvalue weighted by molar-refractivity contribution is 8.00. The van der Waals surface area contributed by atoms with Gasteiger partial charge in [-0.1, -0.05) is 67.3 Å². The van der Waals surface area contributed by atoms with Gasteiger partial charge in [0.15, 0.2) is 0 Å². The van der Waals surface area contributed by atoms with Crippen molar-refractivity contribution in [3.05, 3.63) is 74.7 Å². The molecule has 1 saturated heterocycles. The van der Waals surface area contributed by atoms with Gasteiger partial charge in [-0.15, -0.1) is 0 Å². The first-order chi connectivity index (χ1) is 17.4. The van der Waals surface area contributed by atoms with Crippen molar-refractivity contribution in [3.8, 4) is 0 Å². The Labute approximate surface area is 217 Å². The normalized spacial score (nSPS) is 20.5. The van der Waals surface area contributed by atoms with Gasteiger partial charge in [0, 0.05) is 10.3 Å². The molecule has 2 aliphatic heterocycles. The van der Waals surface area contributed by atoms with Gasteiger partial charge in [-0.3, -0.25) is 23.7 Å². The summed E-state index contributed by atoms with van der Waals surface area (Å²) in [5.74, 6) is -2.33. The van der Waals surface area contributed by atoms with E-state index in [1.165, 1.54) is 12.1 Å². The Kier molecular flexibility index (Phi) is 6.06. The molecule has 7 nitrogen and oxygen atoms in total. The number of aromatic nitrogens is 1. The van der Waals surface area contributed by atoms with E-state index < -0.39 is 57.2 Å². The molecule has 2 atom stereocenters. The van der Waals surface area contributed by atoms with Crippen LogP contribution >= 0.6 is 23.1 Å². The number of benzene rings is 2. The summed E-state index contributed by atoms with van der Waals surface area (Å²) in [5, 5.41) is 1.80. The van der Waals surface area contributed by atoms with Crippen molar-refractivity contribution >= 4 is 52.2 Å². The van der Waals surface area contributed by atoms with Crippen LogP contribution in [0.5, 0.6) is 0 Å². The molecule has 37 heavy (non-hydrogen) atoms. The minimum absolute atomic E-state index is 0.363. The Hall–Kier alpha value is -3.38. The second kappa shape index (κ2) is 8.88. The van der Waals surface area contributed by atoms with E-state index in [0.717, 1.165) is 44.7 Å². The first-order valence-electron chi connectivity index (χ1n) is 11.2. The van der Waals surface area contributed by atoms with E-state index in [2.05, 4.69) is 5.32 Å². The summed E-state index contributed by atoms with van der Waals surface area (Å²) in [4.78, 5) is 53.7. The van der Waals surface area contributed by atoms with Gasteiger partial charge >= 0.3 is 11.0 Å². The van der Waals surface area contributed by atoms with E-state index in [4.69, 9.17) is 0 Å². The number of hydrogen-bond acceptors (Lipinski definition) is 6. The maximum absolute atomic E-state index is 13.4. The number of halogens is 3. The fourth-order valence-corrected chi connectivity index (χ4v) is 7.81. The lowest BCUT2D eigenvalue weighted by Crippen LogP contribution is -2.42. The van der Waals surface area contributed by atoms with Crippen molar-refractivity contribution in [2.45, 2.75) is 42.3 Å². The van der Waals surface area contributed by atoms with Crippen molar-refractivity contribution in [2.75, 3.05) is 10.2 Å². The number of anilines is 2. The van der Waals surface area contributed by atoms with E-state index in [0.29, 0.717) is 15.6 Å². The van der Waals surface area contributed by atoms with Gasteiger partial charge in [-0.25, -0.2) is 4.90 Å². The van der Waals surface area contributed by atoms with E-state index in [1.807, 2.05) is 0 Å². The molecule has 192 valence electrons. The summed E-state index contributed by atoms with van der Waals surface area (Å²) >= 11 is 1.92. The van der Waals surface area contributed by atoms with Crippen molar-refractivity contribution in [3.63, 3.8) is 0 Å². The molecule has 2 aromatic carbocycles. The topological polar surface area (TPSA) is 88.5 Å². The van der Waals surface area contributed by atoms with Crippen molar-refractivity contribution < 1.29 is 27.6 Å². The SMILES string of the molecule is CC1(C)c2sc(=O)n(CC(=O)Nc3ccccc3C(F)(F)F)c2SC2C(=O)N(c3ccccc3)C(=O)C21. The summed E-state index contributed by atoms with van der Waals surface area (Å²) in [7, 11) is 0. The first-order valence-corrected chi connectivity index (χ1v) is 12.9. The number of fused-ring (bicyclic) bond motifs is 2. The summed E-state index contributed by atoms with van der Waals surface area (Å²) in [6, 6.07) is 13.1. The number of thioether (sulfide) groups is 1. The van der Waals surface area contributed by atoms with Crippen LogP contribution in [0.25, 0.3) is 0 Å². The van der Waals surface area contributed by atoms with Crippen molar-refractivity contribution in [2.24, 2.45) is 5.92 Å². The number of amides is 3. The van der Waals surface area contributed by atoms with Gasteiger partial charge < -0.3 is 5.32 Å².